The summed E-state index contributed by atoms with van der Waals surface area (Å²) in [5, 5.41) is 13.9. The summed E-state index contributed by atoms with van der Waals surface area (Å²) in [5.41, 5.74) is 1.63. The third-order valence-corrected chi connectivity index (χ3v) is 5.26. The lowest BCUT2D eigenvalue weighted by Crippen LogP contribution is -2.30. The van der Waals surface area contributed by atoms with Gasteiger partial charge in [-0.15, -0.1) is 21.5 Å². The summed E-state index contributed by atoms with van der Waals surface area (Å²) in [4.78, 5) is 13.6. The van der Waals surface area contributed by atoms with Gasteiger partial charge in [-0.2, -0.15) is 0 Å². The first-order chi connectivity index (χ1) is 13.7. The number of halogens is 1. The molecule has 5 nitrogen and oxygen atoms in total. The van der Waals surface area contributed by atoms with E-state index in [2.05, 4.69) is 15.5 Å². The fourth-order valence-electron chi connectivity index (χ4n) is 2.78. The standard InChI is InChI=1S/C21H16ClN3O2S/c22-16-10-8-15(9-11-16)20-24-25-21(27-20)19(14-5-2-1-3-6-14)23-18(26)13-17-7-4-12-28-17/h1-12,19H,13H2,(H,23,26)/t19-/m0/s1. The molecule has 28 heavy (non-hydrogen) atoms. The lowest BCUT2D eigenvalue weighted by atomic mass is 10.1. The zero-order valence-corrected chi connectivity index (χ0v) is 16.3. The number of aromatic nitrogens is 2. The van der Waals surface area contributed by atoms with E-state index in [4.69, 9.17) is 16.0 Å². The van der Waals surface area contributed by atoms with Crippen LogP contribution in [0.2, 0.25) is 5.02 Å². The average molecular weight is 410 g/mol. The molecule has 0 saturated carbocycles. The van der Waals surface area contributed by atoms with Crippen LogP contribution in [-0.4, -0.2) is 16.1 Å². The molecule has 7 heteroatoms. The van der Waals surface area contributed by atoms with Crippen LogP contribution in [0, 0.1) is 0 Å². The van der Waals surface area contributed by atoms with Crippen LogP contribution in [0.25, 0.3) is 11.5 Å². The highest BCUT2D eigenvalue weighted by atomic mass is 35.5. The van der Waals surface area contributed by atoms with Crippen LogP contribution >= 0.6 is 22.9 Å². The van der Waals surface area contributed by atoms with Gasteiger partial charge in [0.1, 0.15) is 6.04 Å². The van der Waals surface area contributed by atoms with Gasteiger partial charge in [-0.05, 0) is 41.3 Å². The van der Waals surface area contributed by atoms with Crippen molar-refractivity contribution in [1.82, 2.24) is 15.5 Å². The van der Waals surface area contributed by atoms with Gasteiger partial charge in [0.05, 0.1) is 6.42 Å². The summed E-state index contributed by atoms with van der Waals surface area (Å²) in [6.45, 7) is 0. The van der Waals surface area contributed by atoms with Gasteiger partial charge < -0.3 is 9.73 Å². The van der Waals surface area contributed by atoms with Crippen molar-refractivity contribution in [2.24, 2.45) is 0 Å². The van der Waals surface area contributed by atoms with Crippen molar-refractivity contribution in [3.63, 3.8) is 0 Å². The van der Waals surface area contributed by atoms with Crippen LogP contribution < -0.4 is 5.32 Å². The maximum Gasteiger partial charge on any atom is 0.247 e. The maximum absolute atomic E-state index is 12.6. The number of thiophene rings is 1. The molecule has 0 bridgehead atoms. The van der Waals surface area contributed by atoms with Crippen LogP contribution in [-0.2, 0) is 11.2 Å². The highest BCUT2D eigenvalue weighted by molar-refractivity contribution is 7.10. The normalized spacial score (nSPS) is 11.9. The van der Waals surface area contributed by atoms with Crippen LogP contribution in [0.3, 0.4) is 0 Å². The van der Waals surface area contributed by atoms with Gasteiger partial charge in [-0.25, -0.2) is 0 Å². The minimum atomic E-state index is -0.526. The Morgan fingerprint density at radius 2 is 1.82 bits per heavy atom. The Morgan fingerprint density at radius 1 is 1.04 bits per heavy atom. The molecule has 1 atom stereocenters. The molecule has 1 amide bonds. The highest BCUT2D eigenvalue weighted by Crippen LogP contribution is 2.26. The van der Waals surface area contributed by atoms with E-state index in [0.29, 0.717) is 23.2 Å². The predicted octanol–water partition coefficient (Wildman–Crippen LogP) is 4.90. The Kier molecular flexibility index (Phi) is 5.50. The van der Waals surface area contributed by atoms with Gasteiger partial charge in [0.2, 0.25) is 17.7 Å². The second-order valence-electron chi connectivity index (χ2n) is 6.12. The fourth-order valence-corrected chi connectivity index (χ4v) is 3.61. The molecular weight excluding hydrogens is 394 g/mol. The van der Waals surface area contributed by atoms with E-state index in [-0.39, 0.29) is 5.91 Å². The predicted molar refractivity (Wildman–Crippen MR) is 109 cm³/mol. The molecule has 0 aliphatic carbocycles. The molecule has 0 unspecified atom stereocenters. The van der Waals surface area contributed by atoms with Crippen molar-refractivity contribution in [2.45, 2.75) is 12.5 Å². The minimum absolute atomic E-state index is 0.109. The zero-order chi connectivity index (χ0) is 19.3. The third kappa shape index (κ3) is 4.30. The Labute approximate surface area is 171 Å². The van der Waals surface area contributed by atoms with E-state index in [1.807, 2.05) is 60.0 Å². The topological polar surface area (TPSA) is 68.0 Å². The molecule has 2 aromatic heterocycles. The SMILES string of the molecule is O=C(Cc1cccs1)N[C@@H](c1ccccc1)c1nnc(-c2ccc(Cl)cc2)o1. The first-order valence-electron chi connectivity index (χ1n) is 8.65. The van der Waals surface area contributed by atoms with Gasteiger partial charge in [0, 0.05) is 15.5 Å². The number of hydrogen-bond acceptors (Lipinski definition) is 5. The number of nitrogens with one attached hydrogen (secondary N) is 1. The van der Waals surface area contributed by atoms with Gasteiger partial charge >= 0.3 is 0 Å². The zero-order valence-electron chi connectivity index (χ0n) is 14.7. The smallest absolute Gasteiger partial charge is 0.247 e. The Morgan fingerprint density at radius 3 is 2.54 bits per heavy atom. The summed E-state index contributed by atoms with van der Waals surface area (Å²) in [6, 6.07) is 20.1. The molecule has 0 aliphatic heterocycles. The summed E-state index contributed by atoms with van der Waals surface area (Å²) < 4.78 is 5.88. The fraction of sp³-hybridized carbons (Fsp3) is 0.0952. The number of amides is 1. The van der Waals surface area contributed by atoms with E-state index in [1.165, 1.54) is 0 Å². The summed E-state index contributed by atoms with van der Waals surface area (Å²) in [7, 11) is 0. The van der Waals surface area contributed by atoms with Crippen molar-refractivity contribution in [1.29, 1.82) is 0 Å². The Balaban J connectivity index is 1.60. The van der Waals surface area contributed by atoms with Gasteiger partial charge in [-0.1, -0.05) is 48.0 Å². The minimum Gasteiger partial charge on any atom is -0.418 e. The Bertz CT molecular complexity index is 1050. The van der Waals surface area contributed by atoms with E-state index in [1.54, 1.807) is 23.5 Å². The lowest BCUT2D eigenvalue weighted by molar-refractivity contribution is -0.121. The number of rotatable bonds is 6. The summed E-state index contributed by atoms with van der Waals surface area (Å²) in [5.74, 6) is 0.596. The largest absolute Gasteiger partial charge is 0.418 e. The van der Waals surface area contributed by atoms with Crippen molar-refractivity contribution in [3.8, 4) is 11.5 Å². The van der Waals surface area contributed by atoms with E-state index >= 15 is 0 Å². The average Bonchev–Trinajstić information content (AvgIpc) is 3.40. The molecule has 4 aromatic rings. The molecule has 0 spiro atoms. The number of benzene rings is 2. The first kappa shape index (κ1) is 18.4. The molecule has 4 rings (SSSR count). The molecule has 0 aliphatic rings. The number of nitrogens with zero attached hydrogens (tertiary/aromatic N) is 2. The molecule has 1 N–H and O–H groups in total. The molecule has 0 saturated heterocycles. The van der Waals surface area contributed by atoms with Crippen LogP contribution in [0.15, 0.2) is 76.5 Å². The van der Waals surface area contributed by atoms with Crippen molar-refractivity contribution < 1.29 is 9.21 Å². The van der Waals surface area contributed by atoms with Crippen LogP contribution in [0.4, 0.5) is 0 Å². The molecule has 140 valence electrons. The summed E-state index contributed by atoms with van der Waals surface area (Å²) in [6.07, 6.45) is 0.305. The quantitative estimate of drug-likeness (QED) is 0.491. The molecule has 0 radical (unpaired) electrons. The summed E-state index contributed by atoms with van der Waals surface area (Å²) >= 11 is 7.49. The third-order valence-electron chi connectivity index (χ3n) is 4.13. The molecular formula is C21H16ClN3O2S. The van der Waals surface area contributed by atoms with E-state index in [9.17, 15) is 4.79 Å². The first-order valence-corrected chi connectivity index (χ1v) is 9.91. The van der Waals surface area contributed by atoms with Gasteiger partial charge in [0.25, 0.3) is 0 Å². The van der Waals surface area contributed by atoms with E-state index < -0.39 is 6.04 Å². The number of hydrogen-bond donors (Lipinski definition) is 1. The molecule has 0 fully saturated rings. The lowest BCUT2D eigenvalue weighted by Gasteiger charge is -2.15. The van der Waals surface area contributed by atoms with Crippen LogP contribution in [0.1, 0.15) is 22.4 Å². The second-order valence-corrected chi connectivity index (χ2v) is 7.59. The van der Waals surface area contributed by atoms with Crippen molar-refractivity contribution in [2.75, 3.05) is 0 Å². The number of carbonyl (C=O) groups excluding carboxylic acids is 1. The van der Waals surface area contributed by atoms with Gasteiger partial charge in [0.15, 0.2) is 0 Å². The van der Waals surface area contributed by atoms with Gasteiger partial charge in [-0.3, -0.25) is 4.79 Å². The Hall–Kier alpha value is -2.96. The van der Waals surface area contributed by atoms with Crippen LogP contribution in [0.5, 0.6) is 0 Å². The van der Waals surface area contributed by atoms with E-state index in [0.717, 1.165) is 16.0 Å². The number of carbonyl (C=O) groups is 1. The highest BCUT2D eigenvalue weighted by Gasteiger charge is 2.23. The maximum atomic E-state index is 12.6. The van der Waals surface area contributed by atoms with Crippen molar-refractivity contribution >= 4 is 28.8 Å². The molecule has 2 heterocycles. The van der Waals surface area contributed by atoms with Crippen molar-refractivity contribution in [3.05, 3.63) is 93.5 Å². The monoisotopic (exact) mass is 409 g/mol. The second kappa shape index (κ2) is 8.37. The molecule has 2 aromatic carbocycles.